The molecule has 0 bridgehead atoms. The van der Waals surface area contributed by atoms with Crippen LogP contribution in [-0.4, -0.2) is 29.0 Å². The third-order valence-electron chi connectivity index (χ3n) is 3.26. The molecular formula is C15H20F3N5S2. The Morgan fingerprint density at radius 2 is 1.96 bits per heavy atom. The van der Waals surface area contributed by atoms with Crippen molar-refractivity contribution in [3.05, 3.63) is 31.7 Å². The minimum absolute atomic E-state index is 0.403. The average molecular weight is 391 g/mol. The summed E-state index contributed by atoms with van der Waals surface area (Å²) in [6.07, 6.45) is -3.98. The van der Waals surface area contributed by atoms with Gasteiger partial charge in [-0.05, 0) is 20.8 Å². The van der Waals surface area contributed by atoms with E-state index < -0.39 is 11.9 Å². The first-order valence-electron chi connectivity index (χ1n) is 7.76. The van der Waals surface area contributed by atoms with Crippen LogP contribution in [0.1, 0.15) is 33.2 Å². The molecule has 0 radical (unpaired) electrons. The fraction of sp³-hybridized carbons (Fsp3) is 0.533. The van der Waals surface area contributed by atoms with Crippen molar-refractivity contribution in [2.75, 3.05) is 13.1 Å². The Morgan fingerprint density at radius 1 is 1.20 bits per heavy atom. The van der Waals surface area contributed by atoms with Crippen molar-refractivity contribution in [3.63, 3.8) is 0 Å². The van der Waals surface area contributed by atoms with E-state index in [0.717, 1.165) is 27.4 Å². The van der Waals surface area contributed by atoms with E-state index >= 15 is 0 Å². The van der Waals surface area contributed by atoms with Crippen LogP contribution >= 0.6 is 22.7 Å². The number of aryl methyl sites for hydroxylation is 2. The van der Waals surface area contributed by atoms with Gasteiger partial charge in [0, 0.05) is 29.8 Å². The van der Waals surface area contributed by atoms with E-state index in [1.54, 1.807) is 11.3 Å². The Bertz CT molecular complexity index is 702. The Balaban J connectivity index is 1.88. The summed E-state index contributed by atoms with van der Waals surface area (Å²) >= 11 is 2.63. The summed E-state index contributed by atoms with van der Waals surface area (Å²) < 4.78 is 37.6. The van der Waals surface area contributed by atoms with Crippen molar-refractivity contribution in [1.29, 1.82) is 0 Å². The topological polar surface area (TPSA) is 62.2 Å². The van der Waals surface area contributed by atoms with Crippen molar-refractivity contribution < 1.29 is 13.2 Å². The van der Waals surface area contributed by atoms with Gasteiger partial charge in [0.15, 0.2) is 11.7 Å². The predicted molar refractivity (Wildman–Crippen MR) is 95.2 cm³/mol. The molecule has 25 heavy (non-hydrogen) atoms. The van der Waals surface area contributed by atoms with Crippen molar-refractivity contribution in [2.45, 2.75) is 39.9 Å². The standard InChI is InChI=1S/C15H20F3N5S2/c1-4-19-14(21-7-13-22-9(2)10(3)25-13)20-6-5-12-23-11(8-24-12)15(16,17)18/h8H,4-7H2,1-3H3,(H2,19,20,21). The maximum Gasteiger partial charge on any atom is 0.434 e. The van der Waals surface area contributed by atoms with Crippen molar-refractivity contribution in [1.82, 2.24) is 20.6 Å². The van der Waals surface area contributed by atoms with E-state index in [1.807, 2.05) is 20.8 Å². The van der Waals surface area contributed by atoms with E-state index in [-0.39, 0.29) is 0 Å². The lowest BCUT2D eigenvalue weighted by molar-refractivity contribution is -0.140. The minimum Gasteiger partial charge on any atom is -0.357 e. The van der Waals surface area contributed by atoms with Crippen LogP contribution in [-0.2, 0) is 19.1 Å². The second-order valence-corrected chi connectivity index (χ2v) is 7.48. The molecule has 2 rings (SSSR count). The number of rotatable bonds is 6. The second-order valence-electron chi connectivity index (χ2n) is 5.25. The van der Waals surface area contributed by atoms with Crippen LogP contribution in [0.3, 0.4) is 0 Å². The number of guanidine groups is 1. The molecule has 0 aliphatic rings. The van der Waals surface area contributed by atoms with E-state index in [2.05, 4.69) is 25.6 Å². The molecule has 0 atom stereocenters. The Hall–Kier alpha value is -1.68. The number of aliphatic imine (C=N–C) groups is 1. The zero-order valence-corrected chi connectivity index (χ0v) is 15.8. The highest BCUT2D eigenvalue weighted by molar-refractivity contribution is 7.11. The third kappa shape index (κ3) is 5.96. The summed E-state index contributed by atoms with van der Waals surface area (Å²) in [4.78, 5) is 13.7. The first-order chi connectivity index (χ1) is 11.8. The number of hydrogen-bond donors (Lipinski definition) is 2. The van der Waals surface area contributed by atoms with Gasteiger partial charge in [-0.2, -0.15) is 13.2 Å². The van der Waals surface area contributed by atoms with E-state index in [0.29, 0.717) is 37.0 Å². The molecule has 10 heteroatoms. The summed E-state index contributed by atoms with van der Waals surface area (Å²) in [7, 11) is 0. The monoisotopic (exact) mass is 391 g/mol. The first-order valence-corrected chi connectivity index (χ1v) is 9.46. The van der Waals surface area contributed by atoms with Gasteiger partial charge in [-0.3, -0.25) is 0 Å². The zero-order valence-electron chi connectivity index (χ0n) is 14.2. The maximum atomic E-state index is 12.5. The first kappa shape index (κ1) is 19.6. The second kappa shape index (κ2) is 8.61. The highest BCUT2D eigenvalue weighted by atomic mass is 32.1. The van der Waals surface area contributed by atoms with Gasteiger partial charge in [-0.1, -0.05) is 0 Å². The number of nitrogens with zero attached hydrogens (tertiary/aromatic N) is 3. The molecule has 0 fully saturated rings. The molecule has 0 amide bonds. The summed E-state index contributed by atoms with van der Waals surface area (Å²) in [5.41, 5.74) is 0.181. The van der Waals surface area contributed by atoms with Gasteiger partial charge in [0.1, 0.15) is 5.01 Å². The Morgan fingerprint density at radius 3 is 2.52 bits per heavy atom. The molecule has 5 nitrogen and oxygen atoms in total. The SMILES string of the molecule is CCNC(=NCc1nc(C)c(C)s1)NCCc1nc(C(F)(F)F)cs1. The van der Waals surface area contributed by atoms with Crippen LogP contribution in [0.2, 0.25) is 0 Å². The molecule has 2 N–H and O–H groups in total. The Labute approximate surface area is 152 Å². The maximum absolute atomic E-state index is 12.5. The molecule has 0 aliphatic carbocycles. The van der Waals surface area contributed by atoms with E-state index in [9.17, 15) is 13.2 Å². The molecule has 2 aromatic heterocycles. The Kier molecular flexibility index (Phi) is 6.77. The van der Waals surface area contributed by atoms with E-state index in [1.165, 1.54) is 4.88 Å². The number of hydrogen-bond acceptors (Lipinski definition) is 5. The fourth-order valence-electron chi connectivity index (χ4n) is 1.94. The molecular weight excluding hydrogens is 371 g/mol. The molecule has 0 unspecified atom stereocenters. The number of halogens is 3. The summed E-state index contributed by atoms with van der Waals surface area (Å²) in [6.45, 7) is 7.54. The van der Waals surface area contributed by atoms with Gasteiger partial charge in [-0.15, -0.1) is 22.7 Å². The molecule has 0 aromatic carbocycles. The van der Waals surface area contributed by atoms with Gasteiger partial charge in [0.05, 0.1) is 17.2 Å². The number of thiazole rings is 2. The van der Waals surface area contributed by atoms with Crippen LogP contribution in [0.5, 0.6) is 0 Å². The van der Waals surface area contributed by atoms with Crippen LogP contribution in [0, 0.1) is 13.8 Å². The average Bonchev–Trinajstić information content (AvgIpc) is 3.12. The van der Waals surface area contributed by atoms with Crippen LogP contribution < -0.4 is 10.6 Å². The summed E-state index contributed by atoms with van der Waals surface area (Å²) in [5, 5.41) is 8.64. The smallest absolute Gasteiger partial charge is 0.357 e. The van der Waals surface area contributed by atoms with E-state index in [4.69, 9.17) is 0 Å². The number of alkyl halides is 3. The quantitative estimate of drug-likeness (QED) is 0.584. The van der Waals surface area contributed by atoms with Crippen LogP contribution in [0.4, 0.5) is 13.2 Å². The van der Waals surface area contributed by atoms with Crippen molar-refractivity contribution in [2.24, 2.45) is 4.99 Å². The molecule has 0 spiro atoms. The highest BCUT2D eigenvalue weighted by Crippen LogP contribution is 2.30. The molecule has 0 aliphatic heterocycles. The number of aromatic nitrogens is 2. The predicted octanol–water partition coefficient (Wildman–Crippen LogP) is 3.53. The highest BCUT2D eigenvalue weighted by Gasteiger charge is 2.33. The summed E-state index contributed by atoms with van der Waals surface area (Å²) in [5.74, 6) is 0.612. The largest absolute Gasteiger partial charge is 0.434 e. The van der Waals surface area contributed by atoms with Crippen molar-refractivity contribution in [3.8, 4) is 0 Å². The lowest BCUT2D eigenvalue weighted by Gasteiger charge is -2.10. The molecule has 0 saturated carbocycles. The molecule has 138 valence electrons. The van der Waals surface area contributed by atoms with Gasteiger partial charge < -0.3 is 10.6 Å². The normalized spacial score (nSPS) is 12.5. The van der Waals surface area contributed by atoms with Crippen molar-refractivity contribution >= 4 is 28.6 Å². The zero-order chi connectivity index (χ0) is 18.4. The third-order valence-corrected chi connectivity index (χ3v) is 5.23. The molecule has 0 saturated heterocycles. The summed E-state index contributed by atoms with van der Waals surface area (Å²) in [6, 6.07) is 0. The lowest BCUT2D eigenvalue weighted by atomic mass is 10.4. The van der Waals surface area contributed by atoms with Gasteiger partial charge in [-0.25, -0.2) is 15.0 Å². The van der Waals surface area contributed by atoms with Gasteiger partial charge >= 0.3 is 6.18 Å². The van der Waals surface area contributed by atoms with Crippen LogP contribution in [0.25, 0.3) is 0 Å². The molecule has 2 heterocycles. The van der Waals surface area contributed by atoms with Crippen LogP contribution in [0.15, 0.2) is 10.4 Å². The lowest BCUT2D eigenvalue weighted by Crippen LogP contribution is -2.38. The number of nitrogens with one attached hydrogen (secondary N) is 2. The van der Waals surface area contributed by atoms with Gasteiger partial charge in [0.2, 0.25) is 0 Å². The van der Waals surface area contributed by atoms with Gasteiger partial charge in [0.25, 0.3) is 0 Å². The minimum atomic E-state index is -4.39. The fourth-order valence-corrected chi connectivity index (χ4v) is 3.60. The molecule has 2 aromatic rings.